The number of nitrogens with zero attached hydrogens (tertiary/aromatic N) is 3. The van der Waals surface area contributed by atoms with E-state index in [1.807, 2.05) is 45.0 Å². The molecule has 0 radical (unpaired) electrons. The number of para-hydroxylation sites is 1. The maximum absolute atomic E-state index is 12.9. The summed E-state index contributed by atoms with van der Waals surface area (Å²) in [5.74, 6) is 0.685. The van der Waals surface area contributed by atoms with Gasteiger partial charge in [-0.1, -0.05) is 25.1 Å². The molecule has 3 rings (SSSR count). The summed E-state index contributed by atoms with van der Waals surface area (Å²) < 4.78 is 7.47. The van der Waals surface area contributed by atoms with Crippen LogP contribution in [0.15, 0.2) is 24.3 Å². The lowest BCUT2D eigenvalue weighted by atomic mass is 10.1. The number of rotatable bonds is 5. The van der Waals surface area contributed by atoms with Crippen molar-refractivity contribution in [2.24, 2.45) is 7.05 Å². The fraction of sp³-hybridized carbons (Fsp3) is 0.500. The summed E-state index contributed by atoms with van der Waals surface area (Å²) in [5, 5.41) is 15.3. The summed E-state index contributed by atoms with van der Waals surface area (Å²) >= 11 is 0. The Balaban J connectivity index is 1.68. The lowest BCUT2D eigenvalue weighted by Gasteiger charge is -2.24. The highest BCUT2D eigenvalue weighted by Crippen LogP contribution is 2.26. The van der Waals surface area contributed by atoms with Gasteiger partial charge >= 0.3 is 0 Å². The molecule has 0 aliphatic carbocycles. The number of likely N-dealkylation sites (tertiary alicyclic amines) is 1. The maximum Gasteiger partial charge on any atom is 0.272 e. The molecular formula is C20H27N3O3. The van der Waals surface area contributed by atoms with Crippen molar-refractivity contribution < 1.29 is 14.6 Å². The van der Waals surface area contributed by atoms with Crippen molar-refractivity contribution >= 4 is 5.91 Å². The van der Waals surface area contributed by atoms with Gasteiger partial charge in [0.2, 0.25) is 0 Å². The van der Waals surface area contributed by atoms with Crippen molar-refractivity contribution in [1.29, 1.82) is 0 Å². The zero-order chi connectivity index (χ0) is 18.9. The Morgan fingerprint density at radius 2 is 2.08 bits per heavy atom. The molecule has 1 unspecified atom stereocenters. The second-order valence-electron chi connectivity index (χ2n) is 7.15. The molecule has 1 saturated heterocycles. The molecule has 6 heteroatoms. The number of carbonyl (C=O) groups excluding carboxylic acids is 1. The molecule has 1 aromatic heterocycles. The zero-order valence-electron chi connectivity index (χ0n) is 16.0. The van der Waals surface area contributed by atoms with Gasteiger partial charge in [0.05, 0.1) is 12.2 Å². The third-order valence-electron chi connectivity index (χ3n) is 5.13. The van der Waals surface area contributed by atoms with Crippen LogP contribution in [0.3, 0.4) is 0 Å². The molecule has 1 aromatic carbocycles. The third-order valence-corrected chi connectivity index (χ3v) is 5.13. The van der Waals surface area contributed by atoms with E-state index in [1.165, 1.54) is 0 Å². The highest BCUT2D eigenvalue weighted by atomic mass is 16.5. The lowest BCUT2D eigenvalue weighted by molar-refractivity contribution is 0.00401. The van der Waals surface area contributed by atoms with Crippen molar-refractivity contribution in [3.63, 3.8) is 0 Å². The van der Waals surface area contributed by atoms with Gasteiger partial charge in [-0.15, -0.1) is 0 Å². The maximum atomic E-state index is 12.9. The van der Waals surface area contributed by atoms with Crippen molar-refractivity contribution in [2.45, 2.75) is 39.2 Å². The summed E-state index contributed by atoms with van der Waals surface area (Å²) in [6.45, 7) is 6.89. The monoisotopic (exact) mass is 357 g/mol. The van der Waals surface area contributed by atoms with E-state index in [0.29, 0.717) is 18.7 Å². The van der Waals surface area contributed by atoms with Crippen LogP contribution in [0.1, 0.15) is 40.7 Å². The number of aliphatic hydroxyl groups is 1. The predicted octanol–water partition coefficient (Wildman–Crippen LogP) is 2.26. The molecule has 1 N–H and O–H groups in total. The Kier molecular flexibility index (Phi) is 5.05. The zero-order valence-corrected chi connectivity index (χ0v) is 16.0. The molecule has 1 aliphatic heterocycles. The van der Waals surface area contributed by atoms with Gasteiger partial charge in [-0.25, -0.2) is 0 Å². The van der Waals surface area contributed by atoms with Gasteiger partial charge < -0.3 is 14.7 Å². The van der Waals surface area contributed by atoms with Gasteiger partial charge in [0.15, 0.2) is 0 Å². The number of benzene rings is 1. The van der Waals surface area contributed by atoms with Crippen molar-refractivity contribution in [3.8, 4) is 5.75 Å². The molecule has 0 saturated carbocycles. The SMILES string of the molecule is CCc1nn(C)c(C(=O)N2CCC(O)(COc3ccccc3C)C2)c1C. The number of β-amino-alcohol motifs (C(OH)–C–C–N with tert-alkyl or cyclic N) is 1. The normalized spacial score (nSPS) is 19.8. The van der Waals surface area contributed by atoms with Crippen LogP contribution in [0.2, 0.25) is 0 Å². The number of aryl methyl sites for hydroxylation is 3. The highest BCUT2D eigenvalue weighted by Gasteiger charge is 2.40. The summed E-state index contributed by atoms with van der Waals surface area (Å²) in [4.78, 5) is 14.6. The molecule has 0 bridgehead atoms. The minimum Gasteiger partial charge on any atom is -0.490 e. The quantitative estimate of drug-likeness (QED) is 0.891. The van der Waals surface area contributed by atoms with Crippen LogP contribution in [0.25, 0.3) is 0 Å². The largest absolute Gasteiger partial charge is 0.490 e. The minimum absolute atomic E-state index is 0.0796. The van der Waals surface area contributed by atoms with Crippen LogP contribution in [0, 0.1) is 13.8 Å². The van der Waals surface area contributed by atoms with Gasteiger partial charge in [0.1, 0.15) is 23.7 Å². The first-order valence-electron chi connectivity index (χ1n) is 9.07. The Labute approximate surface area is 154 Å². The molecule has 6 nitrogen and oxygen atoms in total. The van der Waals surface area contributed by atoms with Gasteiger partial charge in [0.25, 0.3) is 5.91 Å². The van der Waals surface area contributed by atoms with Gasteiger partial charge in [-0.05, 0) is 38.3 Å². The molecule has 1 atom stereocenters. The number of amides is 1. The van der Waals surface area contributed by atoms with Crippen molar-refractivity contribution in [1.82, 2.24) is 14.7 Å². The Hall–Kier alpha value is -2.34. The Morgan fingerprint density at radius 3 is 2.73 bits per heavy atom. The molecule has 140 valence electrons. The third kappa shape index (κ3) is 3.46. The van der Waals surface area contributed by atoms with Crippen LogP contribution in [0.5, 0.6) is 5.75 Å². The molecular weight excluding hydrogens is 330 g/mol. The number of aromatic nitrogens is 2. The average Bonchev–Trinajstić information content (AvgIpc) is 3.14. The molecule has 1 amide bonds. The Morgan fingerprint density at radius 1 is 1.35 bits per heavy atom. The van der Waals surface area contributed by atoms with E-state index in [1.54, 1.807) is 16.6 Å². The van der Waals surface area contributed by atoms with Crippen LogP contribution in [-0.2, 0) is 13.5 Å². The van der Waals surface area contributed by atoms with Crippen molar-refractivity contribution in [2.75, 3.05) is 19.7 Å². The number of carbonyl (C=O) groups is 1. The molecule has 0 spiro atoms. The Bertz CT molecular complexity index is 815. The number of hydrogen-bond donors (Lipinski definition) is 1. The van der Waals surface area contributed by atoms with Gasteiger partial charge in [-0.3, -0.25) is 9.48 Å². The van der Waals surface area contributed by atoms with Crippen molar-refractivity contribution in [3.05, 3.63) is 46.8 Å². The summed E-state index contributed by atoms with van der Waals surface area (Å²) in [7, 11) is 1.79. The average molecular weight is 357 g/mol. The van der Waals surface area contributed by atoms with Crippen LogP contribution < -0.4 is 4.74 Å². The van der Waals surface area contributed by atoms with Gasteiger partial charge in [0, 0.05) is 19.2 Å². The van der Waals surface area contributed by atoms with Crippen LogP contribution in [-0.4, -0.2) is 51.0 Å². The molecule has 2 heterocycles. The molecule has 2 aromatic rings. The highest BCUT2D eigenvalue weighted by molar-refractivity contribution is 5.94. The van der Waals surface area contributed by atoms with E-state index in [0.717, 1.165) is 29.0 Å². The fourth-order valence-electron chi connectivity index (χ4n) is 3.55. The van der Waals surface area contributed by atoms with E-state index in [9.17, 15) is 9.90 Å². The summed E-state index contributed by atoms with van der Waals surface area (Å²) in [5.41, 5.74) is 2.46. The first-order valence-corrected chi connectivity index (χ1v) is 9.07. The molecule has 26 heavy (non-hydrogen) atoms. The molecule has 1 aliphatic rings. The second kappa shape index (κ2) is 7.11. The lowest BCUT2D eigenvalue weighted by Crippen LogP contribution is -2.41. The first-order chi connectivity index (χ1) is 12.3. The van der Waals surface area contributed by atoms with E-state index in [2.05, 4.69) is 5.10 Å². The van der Waals surface area contributed by atoms with E-state index in [4.69, 9.17) is 4.74 Å². The first kappa shape index (κ1) is 18.5. The number of hydrogen-bond acceptors (Lipinski definition) is 4. The summed E-state index contributed by atoms with van der Waals surface area (Å²) in [6, 6.07) is 7.73. The minimum atomic E-state index is -1.03. The number of ether oxygens (including phenoxy) is 1. The van der Waals surface area contributed by atoms with Crippen LogP contribution in [0.4, 0.5) is 0 Å². The predicted molar refractivity (Wildman–Crippen MR) is 99.5 cm³/mol. The summed E-state index contributed by atoms with van der Waals surface area (Å²) in [6.07, 6.45) is 1.29. The smallest absolute Gasteiger partial charge is 0.272 e. The van der Waals surface area contributed by atoms with E-state index >= 15 is 0 Å². The van der Waals surface area contributed by atoms with Crippen LogP contribution >= 0.6 is 0 Å². The second-order valence-corrected chi connectivity index (χ2v) is 7.15. The van der Waals surface area contributed by atoms with E-state index < -0.39 is 5.60 Å². The van der Waals surface area contributed by atoms with Gasteiger partial charge in [-0.2, -0.15) is 5.10 Å². The molecule has 1 fully saturated rings. The standard InChI is InChI=1S/C20H27N3O3/c1-5-16-15(3)18(22(4)21-16)19(24)23-11-10-20(25,12-23)13-26-17-9-7-6-8-14(17)2/h6-9,25H,5,10-13H2,1-4H3. The van der Waals surface area contributed by atoms with E-state index in [-0.39, 0.29) is 19.1 Å². The fourth-order valence-corrected chi connectivity index (χ4v) is 3.55. The topological polar surface area (TPSA) is 67.6 Å².